The first-order valence-electron chi connectivity index (χ1n) is 2.91. The summed E-state index contributed by atoms with van der Waals surface area (Å²) in [5.74, 6) is 0. The van der Waals surface area contributed by atoms with Crippen LogP contribution in [0.1, 0.15) is 0 Å². The van der Waals surface area contributed by atoms with Crippen molar-refractivity contribution in [2.75, 3.05) is 5.73 Å². The number of halogens is 3. The van der Waals surface area contributed by atoms with Crippen LogP contribution in [0.5, 0.6) is 0 Å². The van der Waals surface area contributed by atoms with E-state index in [1.54, 1.807) is 0 Å². The van der Waals surface area contributed by atoms with Gasteiger partial charge in [0, 0.05) is 11.9 Å². The van der Waals surface area contributed by atoms with E-state index < -0.39 is 12.6 Å². The van der Waals surface area contributed by atoms with E-state index in [0.717, 1.165) is 12.3 Å². The molecule has 12 heavy (non-hydrogen) atoms. The number of hydrogen-bond acceptors (Lipinski definition) is 2. The van der Waals surface area contributed by atoms with Crippen LogP contribution < -0.4 is 62.7 Å². The van der Waals surface area contributed by atoms with E-state index >= 15 is 0 Å². The number of pyridine rings is 1. The van der Waals surface area contributed by atoms with Gasteiger partial charge in [-0.05, 0) is 17.7 Å². The van der Waals surface area contributed by atoms with Crippen molar-refractivity contribution < 1.29 is 64.3 Å². The number of anilines is 1. The molecule has 0 saturated heterocycles. The normalized spacial score (nSPS) is 10.6. The Labute approximate surface area is 110 Å². The van der Waals surface area contributed by atoms with Crippen LogP contribution in [0.3, 0.4) is 0 Å². The summed E-state index contributed by atoms with van der Waals surface area (Å²) in [5.41, 5.74) is 4.31. The molecule has 0 aliphatic rings. The molecule has 7 heteroatoms. The van der Waals surface area contributed by atoms with Gasteiger partial charge < -0.3 is 18.7 Å². The largest absolute Gasteiger partial charge is 1.00 e. The number of nitrogens with two attached hydrogens (primary N) is 1. The first-order valence-corrected chi connectivity index (χ1v) is 2.91. The molecule has 0 unspecified atom stereocenters. The Morgan fingerprint density at radius 2 is 1.92 bits per heavy atom. The van der Waals surface area contributed by atoms with Gasteiger partial charge in [0.1, 0.15) is 0 Å². The maximum Gasteiger partial charge on any atom is 1.00 e. The Morgan fingerprint density at radius 1 is 1.33 bits per heavy atom. The SMILES string of the molecule is Nc1ccnc([B-](F)(F)F)c1.[K+]. The molecular formula is C5H5BF3KN2. The molecule has 1 aromatic heterocycles. The summed E-state index contributed by atoms with van der Waals surface area (Å²) >= 11 is 0. The fourth-order valence-corrected chi connectivity index (χ4v) is 0.645. The van der Waals surface area contributed by atoms with Gasteiger partial charge in [0.05, 0.1) is 0 Å². The van der Waals surface area contributed by atoms with Crippen molar-refractivity contribution in [3.8, 4) is 0 Å². The third-order valence-electron chi connectivity index (χ3n) is 1.14. The van der Waals surface area contributed by atoms with Crippen LogP contribution in [0.25, 0.3) is 0 Å². The summed E-state index contributed by atoms with van der Waals surface area (Å²) in [6.07, 6.45) is 1.04. The molecule has 2 nitrogen and oxygen atoms in total. The van der Waals surface area contributed by atoms with Gasteiger partial charge in [-0.2, -0.15) is 0 Å². The fourth-order valence-electron chi connectivity index (χ4n) is 0.645. The second-order valence-electron chi connectivity index (χ2n) is 2.09. The van der Waals surface area contributed by atoms with Gasteiger partial charge >= 0.3 is 58.4 Å². The molecule has 0 atom stereocenters. The van der Waals surface area contributed by atoms with Gasteiger partial charge in [-0.3, -0.25) is 4.98 Å². The predicted octanol–water partition coefficient (Wildman–Crippen LogP) is -2.28. The minimum absolute atomic E-state index is 0. The van der Waals surface area contributed by atoms with Crippen LogP contribution in [0.4, 0.5) is 18.6 Å². The van der Waals surface area contributed by atoms with Crippen molar-refractivity contribution in [3.63, 3.8) is 0 Å². The van der Waals surface area contributed by atoms with Crippen molar-refractivity contribution in [1.29, 1.82) is 0 Å². The number of aromatic nitrogens is 1. The first-order chi connectivity index (χ1) is 5.00. The standard InChI is InChI=1S/C5H5BF3N2.K/c7-6(8,9)5-3-4(10)1-2-11-5;/h1-3H,(H2,10,11);/q-1;+1. The van der Waals surface area contributed by atoms with E-state index in [0.29, 0.717) is 0 Å². The minimum atomic E-state index is -5.01. The molecule has 0 amide bonds. The van der Waals surface area contributed by atoms with Crippen molar-refractivity contribution in [3.05, 3.63) is 18.3 Å². The van der Waals surface area contributed by atoms with Crippen LogP contribution in [0.2, 0.25) is 0 Å². The van der Waals surface area contributed by atoms with Crippen LogP contribution in [-0.4, -0.2) is 12.0 Å². The van der Waals surface area contributed by atoms with Crippen molar-refractivity contribution in [2.24, 2.45) is 0 Å². The first kappa shape index (κ1) is 12.4. The molecule has 0 fully saturated rings. The monoisotopic (exact) mass is 200 g/mol. The molecule has 0 radical (unpaired) electrons. The van der Waals surface area contributed by atoms with E-state index in [1.807, 2.05) is 0 Å². The van der Waals surface area contributed by atoms with Gasteiger partial charge in [0.15, 0.2) is 0 Å². The van der Waals surface area contributed by atoms with E-state index in [-0.39, 0.29) is 57.1 Å². The quantitative estimate of drug-likeness (QED) is 0.519. The number of nitrogens with zero attached hydrogens (tertiary/aromatic N) is 1. The molecule has 0 spiro atoms. The maximum absolute atomic E-state index is 11.9. The zero-order chi connectivity index (χ0) is 8.48. The van der Waals surface area contributed by atoms with E-state index in [9.17, 15) is 12.9 Å². The smallest absolute Gasteiger partial charge is 0.444 e. The maximum atomic E-state index is 11.9. The Hall–Kier alpha value is 0.441. The summed E-state index contributed by atoms with van der Waals surface area (Å²) in [4.78, 5) is 3.13. The van der Waals surface area contributed by atoms with Gasteiger partial charge in [0.2, 0.25) is 0 Å². The minimum Gasteiger partial charge on any atom is -0.444 e. The molecule has 1 rings (SSSR count). The van der Waals surface area contributed by atoms with Crippen LogP contribution in [-0.2, 0) is 0 Å². The average Bonchev–Trinajstić information content (AvgIpc) is 1.86. The summed E-state index contributed by atoms with van der Waals surface area (Å²) in [5, 5.41) is 0. The zero-order valence-electron chi connectivity index (χ0n) is 6.47. The Bertz CT molecular complexity index is 265. The number of hydrogen-bond donors (Lipinski definition) is 1. The summed E-state index contributed by atoms with van der Waals surface area (Å²) in [6, 6.07) is 2.13. The van der Waals surface area contributed by atoms with Crippen molar-refractivity contribution in [2.45, 2.75) is 0 Å². The predicted molar refractivity (Wildman–Crippen MR) is 37.4 cm³/mol. The third-order valence-corrected chi connectivity index (χ3v) is 1.14. The summed E-state index contributed by atoms with van der Waals surface area (Å²) in [6.45, 7) is -5.01. The third kappa shape index (κ3) is 3.44. The number of nitrogen functional groups attached to an aromatic ring is 1. The van der Waals surface area contributed by atoms with Crippen LogP contribution in [0.15, 0.2) is 18.3 Å². The van der Waals surface area contributed by atoms with Gasteiger partial charge in [-0.25, -0.2) is 0 Å². The van der Waals surface area contributed by atoms with E-state index in [4.69, 9.17) is 5.73 Å². The molecule has 1 heterocycles. The Kier molecular flexibility index (Phi) is 4.78. The summed E-state index contributed by atoms with van der Waals surface area (Å²) in [7, 11) is 0. The van der Waals surface area contributed by atoms with E-state index in [2.05, 4.69) is 4.98 Å². The number of rotatable bonds is 1. The molecule has 0 aliphatic carbocycles. The van der Waals surface area contributed by atoms with Crippen molar-refractivity contribution in [1.82, 2.24) is 4.98 Å². The molecule has 0 bridgehead atoms. The Balaban J connectivity index is 0.00000121. The van der Waals surface area contributed by atoms with Gasteiger partial charge in [-0.15, -0.1) is 0 Å². The topological polar surface area (TPSA) is 38.9 Å². The van der Waals surface area contributed by atoms with Crippen LogP contribution >= 0.6 is 0 Å². The second-order valence-corrected chi connectivity index (χ2v) is 2.09. The van der Waals surface area contributed by atoms with Crippen LogP contribution in [0, 0.1) is 0 Å². The summed E-state index contributed by atoms with van der Waals surface area (Å²) < 4.78 is 35.7. The Morgan fingerprint density at radius 3 is 2.25 bits per heavy atom. The van der Waals surface area contributed by atoms with Gasteiger partial charge in [-0.1, -0.05) is 0 Å². The molecule has 0 saturated carbocycles. The molecule has 1 aromatic rings. The average molecular weight is 200 g/mol. The molecule has 0 aliphatic heterocycles. The second kappa shape index (κ2) is 4.61. The molecule has 2 N–H and O–H groups in total. The zero-order valence-corrected chi connectivity index (χ0v) is 9.59. The molecule has 0 aromatic carbocycles. The van der Waals surface area contributed by atoms with E-state index in [1.165, 1.54) is 6.07 Å². The fraction of sp³-hybridized carbons (Fsp3) is 0. The van der Waals surface area contributed by atoms with Gasteiger partial charge in [0.25, 0.3) is 0 Å². The molecule has 60 valence electrons. The van der Waals surface area contributed by atoms with Crippen molar-refractivity contribution >= 4 is 18.3 Å². The molecular weight excluding hydrogens is 195 g/mol.